The lowest BCUT2D eigenvalue weighted by Crippen LogP contribution is -2.24. The van der Waals surface area contributed by atoms with E-state index in [1.807, 2.05) is 13.8 Å². The van der Waals surface area contributed by atoms with Gasteiger partial charge >= 0.3 is 0 Å². The Labute approximate surface area is 107 Å². The molecule has 0 heterocycles. The lowest BCUT2D eigenvalue weighted by molar-refractivity contribution is 0.596. The van der Waals surface area contributed by atoms with Crippen LogP contribution < -0.4 is 17.2 Å². The number of nitrogens with two attached hydrogens (primary N) is 3. The molecule has 7 heteroatoms. The van der Waals surface area contributed by atoms with Crippen molar-refractivity contribution in [1.82, 2.24) is 0 Å². The molecule has 0 aromatic heterocycles. The second kappa shape index (κ2) is 5.26. The summed E-state index contributed by atoms with van der Waals surface area (Å²) in [5, 5.41) is 0. The first-order valence-corrected chi connectivity index (χ1v) is 7.03. The van der Waals surface area contributed by atoms with Crippen LogP contribution in [-0.4, -0.2) is 14.4 Å². The number of sulfonamides is 1. The molecular weight excluding hydrogens is 252 g/mol. The standard InChI is InChI=1S/C11H18N4O2S/c1-3-7-5-9(12)8(4-2)10(6-7)18(16,17)15-11(13)14/h5-6H,3-4,12H2,1-2H3,(H4,13,14,15). The van der Waals surface area contributed by atoms with Crippen LogP contribution in [0.4, 0.5) is 5.69 Å². The number of hydrogen-bond donors (Lipinski definition) is 3. The highest BCUT2D eigenvalue weighted by Crippen LogP contribution is 2.26. The molecule has 6 nitrogen and oxygen atoms in total. The van der Waals surface area contributed by atoms with Gasteiger partial charge in [0.15, 0.2) is 0 Å². The van der Waals surface area contributed by atoms with Gasteiger partial charge in [0.2, 0.25) is 5.96 Å². The van der Waals surface area contributed by atoms with Crippen LogP contribution in [-0.2, 0) is 22.9 Å². The van der Waals surface area contributed by atoms with Gasteiger partial charge in [-0.1, -0.05) is 13.8 Å². The van der Waals surface area contributed by atoms with Crippen LogP contribution in [0.3, 0.4) is 0 Å². The van der Waals surface area contributed by atoms with E-state index < -0.39 is 16.0 Å². The van der Waals surface area contributed by atoms with Crippen LogP contribution in [0.15, 0.2) is 21.4 Å². The van der Waals surface area contributed by atoms with Gasteiger partial charge in [-0.3, -0.25) is 0 Å². The Kier molecular flexibility index (Phi) is 4.18. The molecule has 0 aliphatic heterocycles. The van der Waals surface area contributed by atoms with E-state index in [1.54, 1.807) is 12.1 Å². The molecule has 0 radical (unpaired) electrons. The fraction of sp³-hybridized carbons (Fsp3) is 0.364. The van der Waals surface area contributed by atoms with E-state index in [9.17, 15) is 8.42 Å². The van der Waals surface area contributed by atoms with Gasteiger partial charge in [0.05, 0.1) is 4.90 Å². The lowest BCUT2D eigenvalue weighted by atomic mass is 10.1. The van der Waals surface area contributed by atoms with Crippen molar-refractivity contribution in [2.24, 2.45) is 15.9 Å². The van der Waals surface area contributed by atoms with Gasteiger partial charge in [-0.2, -0.15) is 8.42 Å². The highest BCUT2D eigenvalue weighted by Gasteiger charge is 2.20. The van der Waals surface area contributed by atoms with E-state index in [4.69, 9.17) is 17.2 Å². The maximum Gasteiger partial charge on any atom is 0.285 e. The predicted octanol–water partition coefficient (Wildman–Crippen LogP) is 0.356. The third-order valence-electron chi connectivity index (χ3n) is 2.57. The molecule has 0 atom stereocenters. The van der Waals surface area contributed by atoms with Crippen molar-refractivity contribution < 1.29 is 8.42 Å². The first-order chi connectivity index (χ1) is 8.31. The van der Waals surface area contributed by atoms with Crippen molar-refractivity contribution in [3.8, 4) is 0 Å². The molecule has 6 N–H and O–H groups in total. The molecule has 1 rings (SSSR count). The number of hydrogen-bond acceptors (Lipinski definition) is 3. The van der Waals surface area contributed by atoms with Crippen molar-refractivity contribution in [1.29, 1.82) is 0 Å². The first-order valence-electron chi connectivity index (χ1n) is 5.59. The zero-order chi connectivity index (χ0) is 13.9. The van der Waals surface area contributed by atoms with E-state index >= 15 is 0 Å². The third-order valence-corrected chi connectivity index (χ3v) is 3.94. The Balaban J connectivity index is 3.57. The van der Waals surface area contributed by atoms with Crippen LogP contribution in [0, 0.1) is 0 Å². The van der Waals surface area contributed by atoms with Gasteiger partial charge in [0.25, 0.3) is 10.0 Å². The molecule has 0 amide bonds. The van der Waals surface area contributed by atoms with Gasteiger partial charge in [-0.25, -0.2) is 0 Å². The van der Waals surface area contributed by atoms with Crippen LogP contribution in [0.1, 0.15) is 25.0 Å². The lowest BCUT2D eigenvalue weighted by Gasteiger charge is -2.11. The van der Waals surface area contributed by atoms with Crippen molar-refractivity contribution in [3.63, 3.8) is 0 Å². The third kappa shape index (κ3) is 2.92. The number of benzene rings is 1. The number of nitrogens with zero attached hydrogens (tertiary/aromatic N) is 1. The van der Waals surface area contributed by atoms with Crippen LogP contribution in [0.2, 0.25) is 0 Å². The summed E-state index contributed by atoms with van der Waals surface area (Å²) in [4.78, 5) is 0.0789. The zero-order valence-electron chi connectivity index (χ0n) is 10.5. The number of rotatable bonds is 4. The highest BCUT2D eigenvalue weighted by atomic mass is 32.2. The minimum absolute atomic E-state index is 0.0789. The average Bonchev–Trinajstić information content (AvgIpc) is 2.26. The fourth-order valence-electron chi connectivity index (χ4n) is 1.73. The van der Waals surface area contributed by atoms with Crippen LogP contribution >= 0.6 is 0 Å². The van der Waals surface area contributed by atoms with E-state index in [0.29, 0.717) is 24.1 Å². The molecule has 0 aliphatic carbocycles. The molecule has 100 valence electrons. The summed E-state index contributed by atoms with van der Waals surface area (Å²) in [6.45, 7) is 3.74. The summed E-state index contributed by atoms with van der Waals surface area (Å²) >= 11 is 0. The molecular formula is C11H18N4O2S. The fourth-order valence-corrected chi connectivity index (χ4v) is 2.98. The second-order valence-electron chi connectivity index (χ2n) is 3.86. The van der Waals surface area contributed by atoms with Gasteiger partial charge < -0.3 is 17.2 Å². The Morgan fingerprint density at radius 1 is 1.22 bits per heavy atom. The predicted molar refractivity (Wildman–Crippen MR) is 72.6 cm³/mol. The Bertz CT molecular complexity index is 575. The summed E-state index contributed by atoms with van der Waals surface area (Å²) in [5.74, 6) is -0.488. The topological polar surface area (TPSA) is 125 Å². The van der Waals surface area contributed by atoms with Crippen LogP contribution in [0.5, 0.6) is 0 Å². The molecule has 1 aromatic carbocycles. The van der Waals surface area contributed by atoms with Crippen molar-refractivity contribution >= 4 is 21.7 Å². The zero-order valence-corrected chi connectivity index (χ0v) is 11.3. The largest absolute Gasteiger partial charge is 0.398 e. The van der Waals surface area contributed by atoms with E-state index in [0.717, 1.165) is 5.56 Å². The Hall–Kier alpha value is -1.76. The van der Waals surface area contributed by atoms with E-state index in [2.05, 4.69) is 4.40 Å². The quantitative estimate of drug-likeness (QED) is 0.414. The summed E-state index contributed by atoms with van der Waals surface area (Å²) < 4.78 is 27.4. The number of anilines is 1. The van der Waals surface area contributed by atoms with Gasteiger partial charge in [0.1, 0.15) is 0 Å². The summed E-state index contributed by atoms with van der Waals surface area (Å²) in [5.41, 5.74) is 17.9. The van der Waals surface area contributed by atoms with Crippen LogP contribution in [0.25, 0.3) is 0 Å². The molecule has 0 saturated heterocycles. The molecule has 1 aromatic rings. The first kappa shape index (κ1) is 14.3. The maximum atomic E-state index is 12.0. The van der Waals surface area contributed by atoms with Crippen molar-refractivity contribution in [2.45, 2.75) is 31.6 Å². The van der Waals surface area contributed by atoms with Gasteiger partial charge in [0, 0.05) is 5.69 Å². The number of guanidine groups is 1. The van der Waals surface area contributed by atoms with E-state index in [1.165, 1.54) is 0 Å². The molecule has 0 aliphatic rings. The second-order valence-corrected chi connectivity index (χ2v) is 5.43. The molecule has 0 fully saturated rings. The summed E-state index contributed by atoms with van der Waals surface area (Å²) in [6, 6.07) is 3.34. The Morgan fingerprint density at radius 3 is 2.28 bits per heavy atom. The molecule has 0 unspecified atom stereocenters. The average molecular weight is 270 g/mol. The highest BCUT2D eigenvalue weighted by molar-refractivity contribution is 7.90. The van der Waals surface area contributed by atoms with Gasteiger partial charge in [-0.15, -0.1) is 4.40 Å². The Morgan fingerprint density at radius 2 is 1.83 bits per heavy atom. The molecule has 0 saturated carbocycles. The number of aryl methyl sites for hydroxylation is 1. The van der Waals surface area contributed by atoms with Gasteiger partial charge in [-0.05, 0) is 36.1 Å². The minimum atomic E-state index is -3.90. The summed E-state index contributed by atoms with van der Waals surface area (Å²) in [6.07, 6.45) is 1.17. The van der Waals surface area contributed by atoms with E-state index in [-0.39, 0.29) is 4.90 Å². The molecule has 18 heavy (non-hydrogen) atoms. The van der Waals surface area contributed by atoms with Crippen molar-refractivity contribution in [2.75, 3.05) is 5.73 Å². The molecule has 0 spiro atoms. The SMILES string of the molecule is CCc1cc(N)c(CC)c(S(=O)(=O)N=C(N)N)c1. The summed E-state index contributed by atoms with van der Waals surface area (Å²) in [7, 11) is -3.90. The smallest absolute Gasteiger partial charge is 0.285 e. The normalized spacial score (nSPS) is 11.2. The number of nitrogen functional groups attached to an aromatic ring is 1. The monoisotopic (exact) mass is 270 g/mol. The van der Waals surface area contributed by atoms with Crippen molar-refractivity contribution in [3.05, 3.63) is 23.3 Å². The maximum absolute atomic E-state index is 12.0. The minimum Gasteiger partial charge on any atom is -0.398 e. The molecule has 0 bridgehead atoms.